The highest BCUT2D eigenvalue weighted by molar-refractivity contribution is 6.07. The quantitative estimate of drug-likeness (QED) is 0.534. The topological polar surface area (TPSA) is 107 Å². The summed E-state index contributed by atoms with van der Waals surface area (Å²) in [5.74, 6) is -0.718. The van der Waals surface area contributed by atoms with Gasteiger partial charge in [-0.3, -0.25) is 20.0 Å². The average Bonchev–Trinajstić information content (AvgIpc) is 3.34. The zero-order valence-corrected chi connectivity index (χ0v) is 18.4. The Morgan fingerprint density at radius 2 is 1.85 bits per heavy atom. The Hall–Kier alpha value is -3.75. The summed E-state index contributed by atoms with van der Waals surface area (Å²) in [4.78, 5) is 38.4. The second-order valence-corrected chi connectivity index (χ2v) is 8.96. The molecule has 2 fully saturated rings. The molecule has 0 aliphatic carbocycles. The number of carbonyl (C=O) groups is 3. The van der Waals surface area contributed by atoms with Gasteiger partial charge in [0.1, 0.15) is 11.4 Å². The standard InChI is InChI=1S/C24H24FN5O3/c1-13-11-17(25)19-18(12-13)28-29-20(19)14-7-9-30(10-8-14)21(31)15-3-5-16(6-4-15)24(2)22(32)26-23(33)27-24/h3-6,11-12,14H,7-10H2,1-2H3,(H,28,29)(H2,26,27,32,33)/t24-/m1/s1. The maximum absolute atomic E-state index is 14.6. The van der Waals surface area contributed by atoms with Crippen LogP contribution in [0.5, 0.6) is 0 Å². The molecule has 3 heterocycles. The monoisotopic (exact) mass is 449 g/mol. The van der Waals surface area contributed by atoms with Gasteiger partial charge in [-0.05, 0) is 62.1 Å². The second kappa shape index (κ2) is 7.68. The molecule has 0 bridgehead atoms. The van der Waals surface area contributed by atoms with Crippen LogP contribution in [0.2, 0.25) is 0 Å². The molecule has 33 heavy (non-hydrogen) atoms. The number of aryl methyl sites for hydroxylation is 1. The Kier molecular flexibility index (Phi) is 4.92. The summed E-state index contributed by atoms with van der Waals surface area (Å²) in [6.07, 6.45) is 1.39. The molecule has 4 amide bonds. The van der Waals surface area contributed by atoms with Crippen molar-refractivity contribution in [3.63, 3.8) is 0 Å². The molecule has 2 saturated heterocycles. The van der Waals surface area contributed by atoms with Crippen LogP contribution in [0.1, 0.15) is 52.9 Å². The fourth-order valence-electron chi connectivity index (χ4n) is 4.79. The van der Waals surface area contributed by atoms with Crippen LogP contribution < -0.4 is 10.6 Å². The summed E-state index contributed by atoms with van der Waals surface area (Å²) < 4.78 is 14.6. The Labute approximate surface area is 189 Å². The minimum Gasteiger partial charge on any atom is -0.339 e. The number of aromatic nitrogens is 2. The van der Waals surface area contributed by atoms with Gasteiger partial charge in [-0.2, -0.15) is 5.10 Å². The van der Waals surface area contributed by atoms with Crippen molar-refractivity contribution in [2.45, 2.75) is 38.1 Å². The van der Waals surface area contributed by atoms with Crippen LogP contribution in [-0.4, -0.2) is 46.0 Å². The van der Waals surface area contributed by atoms with Crippen molar-refractivity contribution in [1.82, 2.24) is 25.7 Å². The maximum atomic E-state index is 14.6. The minimum atomic E-state index is -1.16. The third-order valence-corrected chi connectivity index (χ3v) is 6.71. The molecular weight excluding hydrogens is 425 g/mol. The zero-order valence-electron chi connectivity index (χ0n) is 18.4. The van der Waals surface area contributed by atoms with Gasteiger partial charge in [0.25, 0.3) is 11.8 Å². The Bertz CT molecular complexity index is 1280. The molecule has 2 aromatic carbocycles. The number of benzene rings is 2. The first kappa shape index (κ1) is 21.1. The average molecular weight is 449 g/mol. The van der Waals surface area contributed by atoms with Crippen LogP contribution >= 0.6 is 0 Å². The van der Waals surface area contributed by atoms with Gasteiger partial charge in [0.15, 0.2) is 0 Å². The fraction of sp³-hybridized carbons (Fsp3) is 0.333. The molecule has 5 rings (SSSR count). The van der Waals surface area contributed by atoms with Crippen LogP contribution in [0.25, 0.3) is 10.9 Å². The minimum absolute atomic E-state index is 0.0758. The molecular formula is C24H24FN5O3. The number of fused-ring (bicyclic) bond motifs is 1. The number of aromatic amines is 1. The molecule has 3 aromatic rings. The van der Waals surface area contributed by atoms with Crippen LogP contribution in [0, 0.1) is 12.7 Å². The molecule has 0 unspecified atom stereocenters. The lowest BCUT2D eigenvalue weighted by molar-refractivity contribution is -0.123. The van der Waals surface area contributed by atoms with Gasteiger partial charge in [-0.1, -0.05) is 12.1 Å². The molecule has 2 aliphatic rings. The number of imide groups is 1. The summed E-state index contributed by atoms with van der Waals surface area (Å²) in [6.45, 7) is 4.56. The van der Waals surface area contributed by atoms with E-state index in [4.69, 9.17) is 0 Å². The van der Waals surface area contributed by atoms with Gasteiger partial charge in [-0.25, -0.2) is 9.18 Å². The lowest BCUT2D eigenvalue weighted by Gasteiger charge is -2.31. The van der Waals surface area contributed by atoms with Crippen molar-refractivity contribution >= 4 is 28.7 Å². The Balaban J connectivity index is 1.28. The van der Waals surface area contributed by atoms with E-state index in [1.54, 1.807) is 36.1 Å². The van der Waals surface area contributed by atoms with E-state index in [1.807, 2.05) is 13.0 Å². The van der Waals surface area contributed by atoms with Crippen LogP contribution in [0.3, 0.4) is 0 Å². The molecule has 9 heteroatoms. The summed E-state index contributed by atoms with van der Waals surface area (Å²) >= 11 is 0. The summed E-state index contributed by atoms with van der Waals surface area (Å²) in [6, 6.07) is 9.59. The van der Waals surface area contributed by atoms with Crippen molar-refractivity contribution < 1.29 is 18.8 Å². The van der Waals surface area contributed by atoms with Gasteiger partial charge < -0.3 is 10.2 Å². The summed E-state index contributed by atoms with van der Waals surface area (Å²) in [7, 11) is 0. The first-order valence-corrected chi connectivity index (χ1v) is 10.9. The maximum Gasteiger partial charge on any atom is 0.322 e. The number of hydrogen-bond donors (Lipinski definition) is 3. The number of piperidine rings is 1. The first-order valence-electron chi connectivity index (χ1n) is 10.9. The number of nitrogens with zero attached hydrogens (tertiary/aromatic N) is 2. The lowest BCUT2D eigenvalue weighted by Crippen LogP contribution is -2.40. The van der Waals surface area contributed by atoms with E-state index in [-0.39, 0.29) is 17.6 Å². The van der Waals surface area contributed by atoms with E-state index in [9.17, 15) is 18.8 Å². The molecule has 0 radical (unpaired) electrons. The third kappa shape index (κ3) is 3.53. The van der Waals surface area contributed by atoms with Crippen molar-refractivity contribution in [2.75, 3.05) is 13.1 Å². The number of likely N-dealkylation sites (tertiary alicyclic amines) is 1. The first-order chi connectivity index (χ1) is 15.8. The number of H-pyrrole nitrogens is 1. The number of amides is 4. The van der Waals surface area contributed by atoms with Crippen LogP contribution in [-0.2, 0) is 10.3 Å². The molecule has 0 spiro atoms. The number of rotatable bonds is 3. The van der Waals surface area contributed by atoms with Crippen molar-refractivity contribution in [3.05, 3.63) is 64.6 Å². The molecule has 170 valence electrons. The van der Waals surface area contributed by atoms with E-state index in [2.05, 4.69) is 20.8 Å². The predicted molar refractivity (Wildman–Crippen MR) is 119 cm³/mol. The fourth-order valence-corrected chi connectivity index (χ4v) is 4.79. The molecule has 8 nitrogen and oxygen atoms in total. The van der Waals surface area contributed by atoms with E-state index in [0.29, 0.717) is 48.0 Å². The summed E-state index contributed by atoms with van der Waals surface area (Å²) in [5.41, 5.74) is 2.22. The smallest absolute Gasteiger partial charge is 0.322 e. The van der Waals surface area contributed by atoms with Gasteiger partial charge in [0.05, 0.1) is 16.6 Å². The number of carbonyl (C=O) groups excluding carboxylic acids is 3. The number of halogens is 1. The highest BCUT2D eigenvalue weighted by atomic mass is 19.1. The molecule has 3 N–H and O–H groups in total. The van der Waals surface area contributed by atoms with Crippen molar-refractivity contribution in [1.29, 1.82) is 0 Å². The second-order valence-electron chi connectivity index (χ2n) is 8.96. The van der Waals surface area contributed by atoms with Gasteiger partial charge >= 0.3 is 6.03 Å². The molecule has 1 atom stereocenters. The van der Waals surface area contributed by atoms with Gasteiger partial charge in [-0.15, -0.1) is 0 Å². The Morgan fingerprint density at radius 1 is 1.15 bits per heavy atom. The number of urea groups is 1. The van der Waals surface area contributed by atoms with Gasteiger partial charge in [0, 0.05) is 24.6 Å². The zero-order chi connectivity index (χ0) is 23.3. The van der Waals surface area contributed by atoms with Crippen LogP contribution in [0.15, 0.2) is 36.4 Å². The number of nitrogens with one attached hydrogen (secondary N) is 3. The van der Waals surface area contributed by atoms with E-state index in [0.717, 1.165) is 11.3 Å². The normalized spacial score (nSPS) is 21.4. The van der Waals surface area contributed by atoms with E-state index in [1.165, 1.54) is 6.07 Å². The van der Waals surface area contributed by atoms with Crippen LogP contribution in [0.4, 0.5) is 9.18 Å². The predicted octanol–water partition coefficient (Wildman–Crippen LogP) is 3.08. The highest BCUT2D eigenvalue weighted by Gasteiger charge is 2.43. The SMILES string of the molecule is Cc1cc(F)c2c(C3CCN(C(=O)c4ccc([C@@]5(C)NC(=O)NC5=O)cc4)CC3)n[nH]c2c1. The lowest BCUT2D eigenvalue weighted by atomic mass is 9.90. The highest BCUT2D eigenvalue weighted by Crippen LogP contribution is 2.34. The van der Waals surface area contributed by atoms with E-state index < -0.39 is 17.5 Å². The molecule has 1 aromatic heterocycles. The molecule has 2 aliphatic heterocycles. The van der Waals surface area contributed by atoms with Gasteiger partial charge in [0.2, 0.25) is 0 Å². The third-order valence-electron chi connectivity index (χ3n) is 6.71. The largest absolute Gasteiger partial charge is 0.339 e. The number of hydrogen-bond acceptors (Lipinski definition) is 4. The molecule has 0 saturated carbocycles. The van der Waals surface area contributed by atoms with E-state index >= 15 is 0 Å². The van der Waals surface area contributed by atoms with Crippen molar-refractivity contribution in [2.24, 2.45) is 0 Å². The Morgan fingerprint density at radius 3 is 2.48 bits per heavy atom. The van der Waals surface area contributed by atoms with Crippen molar-refractivity contribution in [3.8, 4) is 0 Å². The summed E-state index contributed by atoms with van der Waals surface area (Å²) in [5, 5.41) is 12.7.